The van der Waals surface area contributed by atoms with E-state index in [-0.39, 0.29) is 0 Å². The first-order valence-corrected chi connectivity index (χ1v) is 7.55. The van der Waals surface area contributed by atoms with Gasteiger partial charge in [0.15, 0.2) is 0 Å². The highest BCUT2D eigenvalue weighted by atomic mass is 14.9. The van der Waals surface area contributed by atoms with Gasteiger partial charge in [0.25, 0.3) is 0 Å². The fraction of sp³-hybridized carbons (Fsp3) is 0.647. The van der Waals surface area contributed by atoms with Gasteiger partial charge in [-0.05, 0) is 38.3 Å². The number of nitrogens with one attached hydrogen (secondary N) is 1. The molecule has 0 spiro atoms. The van der Waals surface area contributed by atoms with Crippen molar-refractivity contribution < 1.29 is 0 Å². The molecule has 1 aliphatic rings. The summed E-state index contributed by atoms with van der Waals surface area (Å²) >= 11 is 0. The molecule has 1 atom stereocenters. The molecular formula is C17H27N. The monoisotopic (exact) mass is 245 g/mol. The van der Waals surface area contributed by atoms with Gasteiger partial charge in [-0.2, -0.15) is 0 Å². The van der Waals surface area contributed by atoms with E-state index in [1.807, 2.05) is 0 Å². The molecule has 1 aliphatic carbocycles. The molecule has 0 amide bonds. The fourth-order valence-electron chi connectivity index (χ4n) is 2.95. The van der Waals surface area contributed by atoms with Crippen LogP contribution >= 0.6 is 0 Å². The molecule has 0 heterocycles. The molecule has 1 nitrogen and oxygen atoms in total. The van der Waals surface area contributed by atoms with E-state index in [9.17, 15) is 0 Å². The first-order valence-electron chi connectivity index (χ1n) is 7.55. The smallest absolute Gasteiger partial charge is 0.0291 e. The van der Waals surface area contributed by atoms with Crippen molar-refractivity contribution >= 4 is 0 Å². The summed E-state index contributed by atoms with van der Waals surface area (Å²) in [6.45, 7) is 5.58. The normalized spacial score (nSPS) is 18.8. The second-order valence-corrected chi connectivity index (χ2v) is 5.88. The third-order valence-electron chi connectivity index (χ3n) is 4.31. The predicted molar refractivity (Wildman–Crippen MR) is 78.8 cm³/mol. The molecule has 0 saturated heterocycles. The molecule has 1 N–H and O–H groups in total. The van der Waals surface area contributed by atoms with Crippen molar-refractivity contribution in [3.05, 3.63) is 35.4 Å². The minimum atomic E-state index is 0.481. The minimum Gasteiger partial charge on any atom is -0.310 e. The Hall–Kier alpha value is -0.820. The van der Waals surface area contributed by atoms with Crippen molar-refractivity contribution in [2.75, 3.05) is 6.54 Å². The second-order valence-electron chi connectivity index (χ2n) is 5.88. The predicted octanol–water partition coefficient (Wildman–Crippen LogP) is 4.62. The molecule has 0 unspecified atom stereocenters. The Morgan fingerprint density at radius 2 is 1.78 bits per heavy atom. The lowest BCUT2D eigenvalue weighted by molar-refractivity contribution is 0.329. The molecule has 1 saturated carbocycles. The largest absolute Gasteiger partial charge is 0.310 e. The van der Waals surface area contributed by atoms with Crippen molar-refractivity contribution in [3.8, 4) is 0 Å². The third kappa shape index (κ3) is 4.13. The zero-order valence-corrected chi connectivity index (χ0v) is 11.9. The molecule has 0 aliphatic heterocycles. The quantitative estimate of drug-likeness (QED) is 0.798. The van der Waals surface area contributed by atoms with Crippen LogP contribution in [0, 0.1) is 12.8 Å². The molecule has 1 fully saturated rings. The van der Waals surface area contributed by atoms with Crippen LogP contribution in [0.4, 0.5) is 0 Å². The molecule has 0 aromatic heterocycles. The Morgan fingerprint density at radius 1 is 1.11 bits per heavy atom. The molecule has 2 rings (SSSR count). The van der Waals surface area contributed by atoms with Crippen LogP contribution in [0.1, 0.15) is 62.6 Å². The highest BCUT2D eigenvalue weighted by Crippen LogP contribution is 2.26. The first-order chi connectivity index (χ1) is 8.75. The second kappa shape index (κ2) is 6.94. The highest BCUT2D eigenvalue weighted by Gasteiger charge is 2.13. The average molecular weight is 245 g/mol. The van der Waals surface area contributed by atoms with Gasteiger partial charge in [-0.15, -0.1) is 0 Å². The van der Waals surface area contributed by atoms with Gasteiger partial charge in [0.05, 0.1) is 0 Å². The standard InChI is InChI=1S/C17H27N/c1-14-8-10-17(11-9-14)15(2)18-13-12-16-6-4-3-5-7-16/h8-11,15-16,18H,3-7,12-13H2,1-2H3/t15-/m1/s1. The Balaban J connectivity index is 1.70. The number of benzene rings is 1. The molecule has 100 valence electrons. The van der Waals surface area contributed by atoms with Crippen LogP contribution in [0.2, 0.25) is 0 Å². The van der Waals surface area contributed by atoms with Gasteiger partial charge in [0.1, 0.15) is 0 Å². The van der Waals surface area contributed by atoms with Gasteiger partial charge in [-0.25, -0.2) is 0 Å². The van der Waals surface area contributed by atoms with Crippen LogP contribution in [0.25, 0.3) is 0 Å². The third-order valence-corrected chi connectivity index (χ3v) is 4.31. The van der Waals surface area contributed by atoms with Crippen LogP contribution in [0.5, 0.6) is 0 Å². The molecular weight excluding hydrogens is 218 g/mol. The van der Waals surface area contributed by atoms with Gasteiger partial charge >= 0.3 is 0 Å². The summed E-state index contributed by atoms with van der Waals surface area (Å²) in [5, 5.41) is 3.67. The van der Waals surface area contributed by atoms with Crippen molar-refractivity contribution in [1.82, 2.24) is 5.32 Å². The van der Waals surface area contributed by atoms with Crippen LogP contribution in [0.15, 0.2) is 24.3 Å². The SMILES string of the molecule is Cc1ccc([C@@H](C)NCCC2CCCCC2)cc1. The number of hydrogen-bond donors (Lipinski definition) is 1. The van der Waals surface area contributed by atoms with Gasteiger partial charge in [0, 0.05) is 6.04 Å². The topological polar surface area (TPSA) is 12.0 Å². The van der Waals surface area contributed by atoms with Gasteiger partial charge < -0.3 is 5.32 Å². The Morgan fingerprint density at radius 3 is 2.44 bits per heavy atom. The van der Waals surface area contributed by atoms with Crippen molar-refractivity contribution in [2.45, 2.75) is 58.4 Å². The Kier molecular flexibility index (Phi) is 5.25. The van der Waals surface area contributed by atoms with Crippen LogP contribution < -0.4 is 5.32 Å². The van der Waals surface area contributed by atoms with Gasteiger partial charge in [-0.3, -0.25) is 0 Å². The lowest BCUT2D eigenvalue weighted by atomic mass is 9.87. The van der Waals surface area contributed by atoms with E-state index in [0.717, 1.165) is 5.92 Å². The fourth-order valence-corrected chi connectivity index (χ4v) is 2.95. The summed E-state index contributed by atoms with van der Waals surface area (Å²) in [5.74, 6) is 0.983. The Bertz CT molecular complexity index is 335. The van der Waals surface area contributed by atoms with Gasteiger partial charge in [0.2, 0.25) is 0 Å². The zero-order valence-electron chi connectivity index (χ0n) is 11.9. The lowest BCUT2D eigenvalue weighted by Crippen LogP contribution is -2.22. The molecule has 1 aromatic rings. The van der Waals surface area contributed by atoms with E-state index in [2.05, 4.69) is 43.4 Å². The molecule has 0 bridgehead atoms. The van der Waals surface area contributed by atoms with E-state index in [1.54, 1.807) is 0 Å². The van der Waals surface area contributed by atoms with Crippen LogP contribution in [-0.4, -0.2) is 6.54 Å². The van der Waals surface area contributed by atoms with E-state index in [4.69, 9.17) is 0 Å². The van der Waals surface area contributed by atoms with E-state index >= 15 is 0 Å². The molecule has 0 radical (unpaired) electrons. The molecule has 18 heavy (non-hydrogen) atoms. The lowest BCUT2D eigenvalue weighted by Gasteiger charge is -2.22. The van der Waals surface area contributed by atoms with Crippen molar-refractivity contribution in [2.24, 2.45) is 5.92 Å². The van der Waals surface area contributed by atoms with Crippen molar-refractivity contribution in [1.29, 1.82) is 0 Å². The average Bonchev–Trinajstić information content (AvgIpc) is 2.40. The number of aryl methyl sites for hydroxylation is 1. The summed E-state index contributed by atoms with van der Waals surface area (Å²) in [7, 11) is 0. The molecule has 1 heteroatoms. The van der Waals surface area contributed by atoms with E-state index in [0.29, 0.717) is 6.04 Å². The maximum Gasteiger partial charge on any atom is 0.0291 e. The van der Waals surface area contributed by atoms with Crippen molar-refractivity contribution in [3.63, 3.8) is 0 Å². The maximum absolute atomic E-state index is 3.67. The molecule has 1 aromatic carbocycles. The van der Waals surface area contributed by atoms with Crippen LogP contribution in [0.3, 0.4) is 0 Å². The maximum atomic E-state index is 3.67. The number of rotatable bonds is 5. The van der Waals surface area contributed by atoms with Gasteiger partial charge in [-0.1, -0.05) is 61.9 Å². The Labute approximate surface area is 112 Å². The summed E-state index contributed by atoms with van der Waals surface area (Å²) < 4.78 is 0. The summed E-state index contributed by atoms with van der Waals surface area (Å²) in [6, 6.07) is 9.37. The summed E-state index contributed by atoms with van der Waals surface area (Å²) in [5.41, 5.74) is 2.75. The first kappa shape index (κ1) is 13.6. The van der Waals surface area contributed by atoms with Crippen LogP contribution in [-0.2, 0) is 0 Å². The number of hydrogen-bond acceptors (Lipinski definition) is 1. The van der Waals surface area contributed by atoms with E-state index in [1.165, 1.54) is 56.2 Å². The summed E-state index contributed by atoms with van der Waals surface area (Å²) in [4.78, 5) is 0. The summed E-state index contributed by atoms with van der Waals surface area (Å²) in [6.07, 6.45) is 8.65. The van der Waals surface area contributed by atoms with E-state index < -0.39 is 0 Å². The minimum absolute atomic E-state index is 0.481. The highest BCUT2D eigenvalue weighted by molar-refractivity contribution is 5.23. The zero-order chi connectivity index (χ0) is 12.8.